The number of nitrogens with one attached hydrogen (secondary N) is 1. The van der Waals surface area contributed by atoms with Gasteiger partial charge in [-0.25, -0.2) is 4.98 Å². The first kappa shape index (κ1) is 19.5. The zero-order chi connectivity index (χ0) is 19.9. The minimum absolute atomic E-state index is 0.0355. The Hall–Kier alpha value is -3.28. The minimum atomic E-state index is -0.386. The van der Waals surface area contributed by atoms with E-state index in [0.717, 1.165) is 17.0 Å². The molecule has 146 valence electrons. The fourth-order valence-corrected chi connectivity index (χ4v) is 3.12. The first-order valence-corrected chi connectivity index (χ1v) is 9.14. The molecule has 3 rings (SSSR count). The zero-order valence-electron chi connectivity index (χ0n) is 16.4. The van der Waals surface area contributed by atoms with Crippen LogP contribution < -0.4 is 14.8 Å². The fourth-order valence-electron chi connectivity index (χ4n) is 3.12. The summed E-state index contributed by atoms with van der Waals surface area (Å²) in [5.41, 5.74) is 2.01. The van der Waals surface area contributed by atoms with Gasteiger partial charge in [0.05, 0.1) is 14.2 Å². The summed E-state index contributed by atoms with van der Waals surface area (Å²) in [6.07, 6.45) is 4.67. The van der Waals surface area contributed by atoms with Gasteiger partial charge >= 0.3 is 0 Å². The van der Waals surface area contributed by atoms with Gasteiger partial charge in [-0.2, -0.15) is 0 Å². The topological polar surface area (TPSA) is 65.4 Å². The highest BCUT2D eigenvalue weighted by Crippen LogP contribution is 2.31. The maximum absolute atomic E-state index is 12.7. The molecule has 6 nitrogen and oxygen atoms in total. The van der Waals surface area contributed by atoms with E-state index >= 15 is 0 Å². The number of aromatic nitrogens is 2. The molecule has 2 aromatic carbocycles. The number of imidazole rings is 1. The van der Waals surface area contributed by atoms with Gasteiger partial charge in [0.25, 0.3) is 0 Å². The van der Waals surface area contributed by atoms with Gasteiger partial charge in [0.15, 0.2) is 11.5 Å². The number of methoxy groups -OCH3 is 2. The Morgan fingerprint density at radius 3 is 2.50 bits per heavy atom. The van der Waals surface area contributed by atoms with Crippen LogP contribution in [-0.4, -0.2) is 29.7 Å². The molecule has 0 aliphatic carbocycles. The van der Waals surface area contributed by atoms with Crippen molar-refractivity contribution in [3.05, 3.63) is 77.9 Å². The van der Waals surface area contributed by atoms with Crippen LogP contribution in [0.5, 0.6) is 11.5 Å². The summed E-state index contributed by atoms with van der Waals surface area (Å²) in [5.74, 6) is 1.96. The van der Waals surface area contributed by atoms with E-state index in [1.54, 1.807) is 20.4 Å². The lowest BCUT2D eigenvalue weighted by Crippen LogP contribution is -2.31. The summed E-state index contributed by atoms with van der Waals surface area (Å²) >= 11 is 0. The molecule has 1 N–H and O–H groups in total. The molecular weight excluding hydrogens is 354 g/mol. The Morgan fingerprint density at radius 2 is 1.86 bits per heavy atom. The average molecular weight is 379 g/mol. The maximum Gasteiger partial charge on any atom is 0.221 e. The van der Waals surface area contributed by atoms with Gasteiger partial charge in [-0.1, -0.05) is 36.4 Å². The van der Waals surface area contributed by atoms with Gasteiger partial charge < -0.3 is 19.4 Å². The zero-order valence-corrected chi connectivity index (χ0v) is 16.4. The molecule has 1 amide bonds. The summed E-state index contributed by atoms with van der Waals surface area (Å²) in [7, 11) is 5.10. The van der Waals surface area contributed by atoms with E-state index in [1.165, 1.54) is 0 Å². The van der Waals surface area contributed by atoms with E-state index in [0.29, 0.717) is 24.3 Å². The highest BCUT2D eigenvalue weighted by Gasteiger charge is 2.22. The van der Waals surface area contributed by atoms with Crippen LogP contribution in [0.3, 0.4) is 0 Å². The number of ether oxygens (including phenoxy) is 2. The van der Waals surface area contributed by atoms with Crippen LogP contribution in [0, 0.1) is 0 Å². The van der Waals surface area contributed by atoms with Crippen LogP contribution >= 0.6 is 0 Å². The third kappa shape index (κ3) is 4.52. The summed E-state index contributed by atoms with van der Waals surface area (Å²) in [6.45, 7) is 0. The van der Waals surface area contributed by atoms with Crippen LogP contribution in [0.4, 0.5) is 0 Å². The summed E-state index contributed by atoms with van der Waals surface area (Å²) in [4.78, 5) is 17.1. The second-order valence-electron chi connectivity index (χ2n) is 6.50. The predicted molar refractivity (Wildman–Crippen MR) is 108 cm³/mol. The van der Waals surface area contributed by atoms with Crippen LogP contribution in [0.2, 0.25) is 0 Å². The Bertz CT molecular complexity index is 922. The average Bonchev–Trinajstić information content (AvgIpc) is 3.16. The quantitative estimate of drug-likeness (QED) is 0.652. The molecule has 1 heterocycles. The van der Waals surface area contributed by atoms with Gasteiger partial charge in [0, 0.05) is 25.9 Å². The molecule has 6 heteroatoms. The summed E-state index contributed by atoms with van der Waals surface area (Å²) in [6, 6.07) is 15.2. The molecule has 0 bridgehead atoms. The standard InChI is InChI=1S/C22H25N3O3/c1-25-14-13-23-22(25)21(17-10-11-18(27-2)19(15-17)28-3)24-20(26)12-9-16-7-5-4-6-8-16/h4-8,10-11,13-15,21H,9,12H2,1-3H3,(H,24,26). The minimum Gasteiger partial charge on any atom is -0.493 e. The van der Waals surface area contributed by atoms with E-state index in [-0.39, 0.29) is 11.9 Å². The van der Waals surface area contributed by atoms with Crippen molar-refractivity contribution in [1.29, 1.82) is 0 Å². The van der Waals surface area contributed by atoms with Crippen molar-refractivity contribution in [3.63, 3.8) is 0 Å². The molecule has 0 aliphatic heterocycles. The van der Waals surface area contributed by atoms with Crippen LogP contribution in [-0.2, 0) is 18.3 Å². The van der Waals surface area contributed by atoms with Crippen molar-refractivity contribution in [2.75, 3.05) is 14.2 Å². The molecule has 28 heavy (non-hydrogen) atoms. The van der Waals surface area contributed by atoms with Gasteiger partial charge in [0.1, 0.15) is 11.9 Å². The number of amides is 1. The van der Waals surface area contributed by atoms with Crippen LogP contribution in [0.15, 0.2) is 60.9 Å². The van der Waals surface area contributed by atoms with Crippen molar-refractivity contribution in [2.45, 2.75) is 18.9 Å². The van der Waals surface area contributed by atoms with Gasteiger partial charge in [0.2, 0.25) is 5.91 Å². The van der Waals surface area contributed by atoms with Crippen molar-refractivity contribution in [1.82, 2.24) is 14.9 Å². The molecule has 1 atom stereocenters. The Balaban J connectivity index is 1.82. The number of benzene rings is 2. The number of carbonyl (C=O) groups excluding carboxylic acids is 1. The first-order valence-electron chi connectivity index (χ1n) is 9.14. The monoisotopic (exact) mass is 379 g/mol. The second kappa shape index (κ2) is 9.08. The normalized spacial score (nSPS) is 11.7. The molecule has 0 aliphatic rings. The fraction of sp³-hybridized carbons (Fsp3) is 0.273. The Labute approximate surface area is 165 Å². The molecule has 0 saturated carbocycles. The molecule has 0 saturated heterocycles. The van der Waals surface area contributed by atoms with E-state index in [4.69, 9.17) is 9.47 Å². The SMILES string of the molecule is COc1ccc(C(NC(=O)CCc2ccccc2)c2nccn2C)cc1OC. The third-order valence-electron chi connectivity index (χ3n) is 4.65. The van der Waals surface area contributed by atoms with Crippen molar-refractivity contribution < 1.29 is 14.3 Å². The van der Waals surface area contributed by atoms with Gasteiger partial charge in [-0.05, 0) is 29.7 Å². The van der Waals surface area contributed by atoms with Crippen molar-refractivity contribution in [3.8, 4) is 11.5 Å². The lowest BCUT2D eigenvalue weighted by Gasteiger charge is -2.20. The number of aryl methyl sites for hydroxylation is 2. The maximum atomic E-state index is 12.7. The molecule has 0 spiro atoms. The van der Waals surface area contributed by atoms with Gasteiger partial charge in [-0.15, -0.1) is 0 Å². The summed E-state index contributed by atoms with van der Waals surface area (Å²) in [5, 5.41) is 3.12. The van der Waals surface area contributed by atoms with E-state index in [2.05, 4.69) is 10.3 Å². The molecule has 3 aromatic rings. The van der Waals surface area contributed by atoms with E-state index in [9.17, 15) is 4.79 Å². The highest BCUT2D eigenvalue weighted by atomic mass is 16.5. The van der Waals surface area contributed by atoms with Crippen molar-refractivity contribution >= 4 is 5.91 Å². The predicted octanol–water partition coefficient (Wildman–Crippen LogP) is 3.28. The third-order valence-corrected chi connectivity index (χ3v) is 4.65. The van der Waals surface area contributed by atoms with Crippen LogP contribution in [0.25, 0.3) is 0 Å². The lowest BCUT2D eigenvalue weighted by atomic mass is 10.0. The van der Waals surface area contributed by atoms with Gasteiger partial charge in [-0.3, -0.25) is 4.79 Å². The molecule has 0 radical (unpaired) electrons. The molecule has 0 fully saturated rings. The number of hydrogen-bond acceptors (Lipinski definition) is 4. The van der Waals surface area contributed by atoms with E-state index in [1.807, 2.05) is 66.3 Å². The molecule has 1 unspecified atom stereocenters. The largest absolute Gasteiger partial charge is 0.493 e. The Morgan fingerprint density at radius 1 is 1.11 bits per heavy atom. The van der Waals surface area contributed by atoms with Crippen molar-refractivity contribution in [2.24, 2.45) is 7.05 Å². The highest BCUT2D eigenvalue weighted by molar-refractivity contribution is 5.77. The second-order valence-corrected chi connectivity index (χ2v) is 6.50. The summed E-state index contributed by atoms with van der Waals surface area (Å²) < 4.78 is 12.6. The molecule has 1 aromatic heterocycles. The smallest absolute Gasteiger partial charge is 0.221 e. The Kier molecular flexibility index (Phi) is 6.32. The first-order chi connectivity index (χ1) is 13.6. The number of nitrogens with zero attached hydrogens (tertiary/aromatic N) is 2. The lowest BCUT2D eigenvalue weighted by molar-refractivity contribution is -0.121. The number of hydrogen-bond donors (Lipinski definition) is 1. The van der Waals surface area contributed by atoms with Crippen LogP contribution in [0.1, 0.15) is 29.4 Å². The molecular formula is C22H25N3O3. The number of rotatable bonds is 8. The van der Waals surface area contributed by atoms with E-state index < -0.39 is 0 Å². The number of carbonyl (C=O) groups is 1.